The van der Waals surface area contributed by atoms with E-state index in [1.54, 1.807) is 12.1 Å². The number of rotatable bonds is 2. The maximum absolute atomic E-state index is 9.71. The van der Waals surface area contributed by atoms with E-state index >= 15 is 0 Å². The molecule has 0 saturated heterocycles. The van der Waals surface area contributed by atoms with Crippen LogP contribution in [-0.4, -0.2) is 15.3 Å². The summed E-state index contributed by atoms with van der Waals surface area (Å²) in [6.45, 7) is 0. The highest BCUT2D eigenvalue weighted by atomic mass is 16.3. The summed E-state index contributed by atoms with van der Waals surface area (Å²) in [5, 5.41) is 16.8. The Hall–Kier alpha value is -1.81. The van der Waals surface area contributed by atoms with Gasteiger partial charge in [0, 0.05) is 5.56 Å². The van der Waals surface area contributed by atoms with E-state index in [1.807, 2.05) is 18.2 Å². The van der Waals surface area contributed by atoms with Crippen molar-refractivity contribution in [3.8, 4) is 17.0 Å². The van der Waals surface area contributed by atoms with Gasteiger partial charge in [0.05, 0.1) is 16.9 Å². The summed E-state index contributed by atoms with van der Waals surface area (Å²) in [4.78, 5) is 0. The predicted molar refractivity (Wildman–Crippen MR) is 60.8 cm³/mol. The molecule has 0 atom stereocenters. The van der Waals surface area contributed by atoms with E-state index in [4.69, 9.17) is 5.73 Å². The van der Waals surface area contributed by atoms with Gasteiger partial charge in [0.25, 0.3) is 0 Å². The average molecular weight is 215 g/mol. The molecule has 0 bridgehead atoms. The lowest BCUT2D eigenvalue weighted by Crippen LogP contribution is -2.18. The minimum atomic E-state index is -0.213. The first-order valence-electron chi connectivity index (χ1n) is 5.32. The van der Waals surface area contributed by atoms with E-state index in [9.17, 15) is 5.11 Å². The number of aromatic nitrogens is 2. The van der Waals surface area contributed by atoms with Crippen LogP contribution in [0.5, 0.6) is 5.75 Å². The minimum absolute atomic E-state index is 0.213. The number of aromatic amines is 1. The molecule has 4 N–H and O–H groups in total. The van der Waals surface area contributed by atoms with E-state index < -0.39 is 0 Å². The highest BCUT2D eigenvalue weighted by molar-refractivity contribution is 5.66. The van der Waals surface area contributed by atoms with E-state index in [-0.39, 0.29) is 11.3 Å². The van der Waals surface area contributed by atoms with Crippen LogP contribution < -0.4 is 5.73 Å². The molecule has 3 rings (SSSR count). The minimum Gasteiger partial charge on any atom is -0.507 e. The van der Waals surface area contributed by atoms with Crippen molar-refractivity contribution in [3.63, 3.8) is 0 Å². The van der Waals surface area contributed by atoms with Crippen LogP contribution in [0.25, 0.3) is 11.3 Å². The summed E-state index contributed by atoms with van der Waals surface area (Å²) < 4.78 is 0. The second-order valence-corrected chi connectivity index (χ2v) is 4.34. The van der Waals surface area contributed by atoms with E-state index in [1.165, 1.54) is 0 Å². The quantitative estimate of drug-likeness (QED) is 0.714. The van der Waals surface area contributed by atoms with Crippen LogP contribution in [0.1, 0.15) is 18.5 Å². The fraction of sp³-hybridized carbons (Fsp3) is 0.250. The molecular formula is C12H13N3O. The number of nitrogens with zero attached hydrogens (tertiary/aromatic N) is 1. The molecule has 1 aromatic carbocycles. The van der Waals surface area contributed by atoms with Crippen LogP contribution in [-0.2, 0) is 5.54 Å². The molecular weight excluding hydrogens is 202 g/mol. The summed E-state index contributed by atoms with van der Waals surface area (Å²) in [5.41, 5.74) is 8.27. The zero-order valence-electron chi connectivity index (χ0n) is 8.77. The van der Waals surface area contributed by atoms with Crippen LogP contribution in [0.15, 0.2) is 30.3 Å². The Morgan fingerprint density at radius 1 is 1.31 bits per heavy atom. The van der Waals surface area contributed by atoms with Gasteiger partial charge < -0.3 is 10.8 Å². The molecule has 0 unspecified atom stereocenters. The summed E-state index contributed by atoms with van der Waals surface area (Å²) in [7, 11) is 0. The second kappa shape index (κ2) is 3.09. The largest absolute Gasteiger partial charge is 0.507 e. The molecule has 1 heterocycles. The van der Waals surface area contributed by atoms with Crippen LogP contribution in [0.3, 0.4) is 0 Å². The van der Waals surface area contributed by atoms with Gasteiger partial charge in [-0.1, -0.05) is 12.1 Å². The maximum atomic E-state index is 9.71. The van der Waals surface area contributed by atoms with Crippen molar-refractivity contribution in [1.29, 1.82) is 0 Å². The summed E-state index contributed by atoms with van der Waals surface area (Å²) in [6, 6.07) is 9.07. The third kappa shape index (κ3) is 1.39. The van der Waals surface area contributed by atoms with Crippen molar-refractivity contribution in [2.24, 2.45) is 5.73 Å². The molecule has 0 spiro atoms. The van der Waals surface area contributed by atoms with Crippen molar-refractivity contribution in [2.45, 2.75) is 18.4 Å². The fourth-order valence-corrected chi connectivity index (χ4v) is 1.81. The molecule has 82 valence electrons. The summed E-state index contributed by atoms with van der Waals surface area (Å²) >= 11 is 0. The van der Waals surface area contributed by atoms with Crippen molar-refractivity contribution in [2.75, 3.05) is 0 Å². The lowest BCUT2D eigenvalue weighted by Gasteiger charge is -2.02. The molecule has 4 heteroatoms. The van der Waals surface area contributed by atoms with Gasteiger partial charge in [0.15, 0.2) is 0 Å². The SMILES string of the molecule is NC1(c2cc(-c3ccccc3O)n[nH]2)CC1. The van der Waals surface area contributed by atoms with Gasteiger partial charge in [-0.25, -0.2) is 0 Å². The number of phenols is 1. The Morgan fingerprint density at radius 3 is 2.75 bits per heavy atom. The molecule has 2 aromatic rings. The molecule has 1 aliphatic carbocycles. The molecule has 0 radical (unpaired) electrons. The molecule has 0 amide bonds. The first kappa shape index (κ1) is 9.42. The Labute approximate surface area is 93.1 Å². The molecule has 16 heavy (non-hydrogen) atoms. The number of nitrogens with two attached hydrogens (primary N) is 1. The van der Waals surface area contributed by atoms with Crippen LogP contribution in [0.2, 0.25) is 0 Å². The monoisotopic (exact) mass is 215 g/mol. The predicted octanol–water partition coefficient (Wildman–Crippen LogP) is 1.73. The van der Waals surface area contributed by atoms with Crippen LogP contribution in [0.4, 0.5) is 0 Å². The molecule has 1 aliphatic rings. The Balaban J connectivity index is 2.02. The van der Waals surface area contributed by atoms with Gasteiger partial charge in [0.2, 0.25) is 0 Å². The number of aromatic hydroxyl groups is 1. The second-order valence-electron chi connectivity index (χ2n) is 4.34. The lowest BCUT2D eigenvalue weighted by atomic mass is 10.1. The number of phenolic OH excluding ortho intramolecular Hbond substituents is 1. The fourth-order valence-electron chi connectivity index (χ4n) is 1.81. The molecule has 1 saturated carbocycles. The van der Waals surface area contributed by atoms with Gasteiger partial charge in [-0.2, -0.15) is 5.10 Å². The Kier molecular flexibility index (Phi) is 1.82. The highest BCUT2D eigenvalue weighted by Gasteiger charge is 2.41. The molecule has 1 aromatic heterocycles. The first-order valence-corrected chi connectivity index (χ1v) is 5.32. The summed E-state index contributed by atoms with van der Waals surface area (Å²) in [5.74, 6) is 0.238. The third-order valence-electron chi connectivity index (χ3n) is 3.08. The normalized spacial score (nSPS) is 17.3. The van der Waals surface area contributed by atoms with Crippen molar-refractivity contribution < 1.29 is 5.11 Å². The summed E-state index contributed by atoms with van der Waals surface area (Å²) in [6.07, 6.45) is 1.99. The Morgan fingerprint density at radius 2 is 2.06 bits per heavy atom. The lowest BCUT2D eigenvalue weighted by molar-refractivity contribution is 0.477. The van der Waals surface area contributed by atoms with E-state index in [0.717, 1.165) is 29.8 Å². The highest BCUT2D eigenvalue weighted by Crippen LogP contribution is 2.42. The zero-order chi connectivity index (χ0) is 11.2. The van der Waals surface area contributed by atoms with Crippen molar-refractivity contribution in [1.82, 2.24) is 10.2 Å². The number of hydrogen-bond acceptors (Lipinski definition) is 3. The van der Waals surface area contributed by atoms with E-state index in [2.05, 4.69) is 10.2 Å². The molecule has 0 aliphatic heterocycles. The van der Waals surface area contributed by atoms with Crippen molar-refractivity contribution >= 4 is 0 Å². The average Bonchev–Trinajstić information content (AvgIpc) is 2.84. The first-order chi connectivity index (χ1) is 7.69. The number of H-pyrrole nitrogens is 1. The van der Waals surface area contributed by atoms with Gasteiger partial charge >= 0.3 is 0 Å². The Bertz CT molecular complexity index is 529. The number of hydrogen-bond donors (Lipinski definition) is 3. The number of benzene rings is 1. The van der Waals surface area contributed by atoms with Crippen LogP contribution >= 0.6 is 0 Å². The van der Waals surface area contributed by atoms with Crippen LogP contribution in [0, 0.1) is 0 Å². The third-order valence-corrected chi connectivity index (χ3v) is 3.08. The number of nitrogens with one attached hydrogen (secondary N) is 1. The van der Waals surface area contributed by atoms with Gasteiger partial charge in [-0.3, -0.25) is 5.10 Å². The van der Waals surface area contributed by atoms with Gasteiger partial charge in [-0.05, 0) is 31.0 Å². The zero-order valence-corrected chi connectivity index (χ0v) is 8.77. The topological polar surface area (TPSA) is 74.9 Å². The molecule has 4 nitrogen and oxygen atoms in total. The van der Waals surface area contributed by atoms with Gasteiger partial charge in [0.1, 0.15) is 5.75 Å². The standard InChI is InChI=1S/C12H13N3O/c13-12(5-6-12)11-7-9(14-15-11)8-3-1-2-4-10(8)16/h1-4,7,16H,5-6,13H2,(H,14,15). The number of para-hydroxylation sites is 1. The smallest absolute Gasteiger partial charge is 0.125 e. The maximum Gasteiger partial charge on any atom is 0.125 e. The van der Waals surface area contributed by atoms with E-state index in [0.29, 0.717) is 0 Å². The van der Waals surface area contributed by atoms with Crippen molar-refractivity contribution in [3.05, 3.63) is 36.0 Å². The molecule has 1 fully saturated rings. The van der Waals surface area contributed by atoms with Gasteiger partial charge in [-0.15, -0.1) is 0 Å².